The first-order chi connectivity index (χ1) is 8.08. The summed E-state index contributed by atoms with van der Waals surface area (Å²) in [7, 11) is 3.46. The molecule has 0 aliphatic rings. The average molecular weight is 237 g/mol. The molecule has 0 fully saturated rings. The maximum Gasteiger partial charge on any atom is 0.303 e. The van der Waals surface area contributed by atoms with Crippen LogP contribution in [0.25, 0.3) is 0 Å². The van der Waals surface area contributed by atoms with Gasteiger partial charge in [-0.2, -0.15) is 0 Å². The Kier molecular flexibility index (Phi) is 4.97. The zero-order valence-electron chi connectivity index (χ0n) is 10.4. The zero-order valence-corrected chi connectivity index (χ0v) is 10.4. The van der Waals surface area contributed by atoms with Gasteiger partial charge >= 0.3 is 5.97 Å². The first-order valence-electron chi connectivity index (χ1n) is 5.61. The van der Waals surface area contributed by atoms with E-state index in [9.17, 15) is 4.79 Å². The Morgan fingerprint density at radius 1 is 1.53 bits per heavy atom. The molecule has 0 radical (unpaired) electrons. The van der Waals surface area contributed by atoms with Crippen LogP contribution in [-0.2, 0) is 4.79 Å². The van der Waals surface area contributed by atoms with E-state index in [2.05, 4.69) is 5.32 Å². The number of ether oxygens (including phenoxy) is 1. The standard InChI is InChI=1S/C13H19NO3/c1-9(7-12(15)16)13(14-2)10-5-4-6-11(8-10)17-3/h4-6,8-9,13-14H,7H2,1-3H3,(H,15,16). The Morgan fingerprint density at radius 3 is 2.76 bits per heavy atom. The topological polar surface area (TPSA) is 58.6 Å². The summed E-state index contributed by atoms with van der Waals surface area (Å²) in [6.07, 6.45) is 0.142. The lowest BCUT2D eigenvalue weighted by molar-refractivity contribution is -0.138. The van der Waals surface area contributed by atoms with Gasteiger partial charge in [-0.3, -0.25) is 4.79 Å². The van der Waals surface area contributed by atoms with Gasteiger partial charge < -0.3 is 15.2 Å². The predicted octanol–water partition coefficient (Wildman–Crippen LogP) is 2.07. The summed E-state index contributed by atoms with van der Waals surface area (Å²) in [5, 5.41) is 12.0. The monoisotopic (exact) mass is 237 g/mol. The molecule has 0 aliphatic heterocycles. The van der Waals surface area contributed by atoms with Crippen LogP contribution in [0.4, 0.5) is 0 Å². The van der Waals surface area contributed by atoms with E-state index in [1.165, 1.54) is 0 Å². The molecule has 4 nitrogen and oxygen atoms in total. The molecule has 2 N–H and O–H groups in total. The van der Waals surface area contributed by atoms with Gasteiger partial charge in [0.2, 0.25) is 0 Å². The van der Waals surface area contributed by atoms with E-state index in [-0.39, 0.29) is 18.4 Å². The van der Waals surface area contributed by atoms with E-state index in [4.69, 9.17) is 9.84 Å². The molecule has 0 heterocycles. The fourth-order valence-corrected chi connectivity index (χ4v) is 2.01. The molecular formula is C13H19NO3. The summed E-state index contributed by atoms with van der Waals surface area (Å²) in [6.45, 7) is 1.93. The summed E-state index contributed by atoms with van der Waals surface area (Å²) in [5.74, 6) is 0.0236. The molecule has 1 rings (SSSR count). The normalized spacial score (nSPS) is 14.1. The highest BCUT2D eigenvalue weighted by atomic mass is 16.5. The first-order valence-corrected chi connectivity index (χ1v) is 5.61. The van der Waals surface area contributed by atoms with Crippen LogP contribution in [0.15, 0.2) is 24.3 Å². The number of aliphatic carboxylic acids is 1. The largest absolute Gasteiger partial charge is 0.497 e. The molecule has 0 saturated carbocycles. The van der Waals surface area contributed by atoms with Crippen LogP contribution < -0.4 is 10.1 Å². The highest BCUT2D eigenvalue weighted by molar-refractivity contribution is 5.67. The lowest BCUT2D eigenvalue weighted by Crippen LogP contribution is -2.25. The second kappa shape index (κ2) is 6.25. The second-order valence-corrected chi connectivity index (χ2v) is 4.12. The van der Waals surface area contributed by atoms with Crippen molar-refractivity contribution in [2.45, 2.75) is 19.4 Å². The summed E-state index contributed by atoms with van der Waals surface area (Å²) in [4.78, 5) is 10.7. The van der Waals surface area contributed by atoms with Gasteiger partial charge in [0.15, 0.2) is 0 Å². The Labute approximate surface area is 102 Å². The SMILES string of the molecule is CNC(c1cccc(OC)c1)C(C)CC(=O)O. The molecule has 0 aromatic heterocycles. The van der Waals surface area contributed by atoms with E-state index >= 15 is 0 Å². The van der Waals surface area contributed by atoms with Crippen molar-refractivity contribution in [1.82, 2.24) is 5.32 Å². The van der Waals surface area contributed by atoms with Gasteiger partial charge in [0.25, 0.3) is 0 Å². The third-order valence-corrected chi connectivity index (χ3v) is 2.83. The molecule has 4 heteroatoms. The van der Waals surface area contributed by atoms with Crippen molar-refractivity contribution in [3.8, 4) is 5.75 Å². The quantitative estimate of drug-likeness (QED) is 0.795. The minimum Gasteiger partial charge on any atom is -0.497 e. The molecule has 0 aliphatic carbocycles. The van der Waals surface area contributed by atoms with Crippen molar-refractivity contribution in [3.05, 3.63) is 29.8 Å². The van der Waals surface area contributed by atoms with Crippen LogP contribution in [0.2, 0.25) is 0 Å². The van der Waals surface area contributed by atoms with Crippen molar-refractivity contribution < 1.29 is 14.6 Å². The number of carboxylic acids is 1. The maximum atomic E-state index is 10.7. The lowest BCUT2D eigenvalue weighted by atomic mass is 9.92. The highest BCUT2D eigenvalue weighted by Crippen LogP contribution is 2.26. The second-order valence-electron chi connectivity index (χ2n) is 4.12. The Hall–Kier alpha value is -1.55. The van der Waals surface area contributed by atoms with Gasteiger partial charge in [0.05, 0.1) is 7.11 Å². The third kappa shape index (κ3) is 3.75. The van der Waals surface area contributed by atoms with Crippen LogP contribution in [0.5, 0.6) is 5.75 Å². The molecule has 2 atom stereocenters. The van der Waals surface area contributed by atoms with Crippen LogP contribution >= 0.6 is 0 Å². The zero-order chi connectivity index (χ0) is 12.8. The molecule has 1 aromatic rings. The fraction of sp³-hybridized carbons (Fsp3) is 0.462. The van der Waals surface area contributed by atoms with Gasteiger partial charge in [-0.05, 0) is 30.7 Å². The van der Waals surface area contributed by atoms with Crippen molar-refractivity contribution in [2.24, 2.45) is 5.92 Å². The molecule has 17 heavy (non-hydrogen) atoms. The molecule has 0 saturated heterocycles. The van der Waals surface area contributed by atoms with Crippen LogP contribution in [0.3, 0.4) is 0 Å². The van der Waals surface area contributed by atoms with Crippen LogP contribution in [0.1, 0.15) is 24.9 Å². The predicted molar refractivity (Wildman–Crippen MR) is 66.2 cm³/mol. The number of rotatable bonds is 6. The molecule has 2 unspecified atom stereocenters. The number of methoxy groups -OCH3 is 1. The number of hydrogen-bond acceptors (Lipinski definition) is 3. The fourth-order valence-electron chi connectivity index (χ4n) is 2.01. The third-order valence-electron chi connectivity index (χ3n) is 2.83. The number of benzene rings is 1. The molecule has 0 spiro atoms. The van der Waals surface area contributed by atoms with Gasteiger partial charge in [0.1, 0.15) is 5.75 Å². The van der Waals surface area contributed by atoms with Crippen molar-refractivity contribution >= 4 is 5.97 Å². The summed E-state index contributed by atoms with van der Waals surface area (Å²) >= 11 is 0. The van der Waals surface area contributed by atoms with Crippen molar-refractivity contribution in [1.29, 1.82) is 0 Å². The van der Waals surface area contributed by atoms with E-state index < -0.39 is 5.97 Å². The summed E-state index contributed by atoms with van der Waals surface area (Å²) in [6, 6.07) is 7.70. The van der Waals surface area contributed by atoms with Gasteiger partial charge in [-0.15, -0.1) is 0 Å². The first kappa shape index (κ1) is 13.5. The molecule has 0 amide bonds. The van der Waals surface area contributed by atoms with Crippen molar-refractivity contribution in [2.75, 3.05) is 14.2 Å². The van der Waals surface area contributed by atoms with Gasteiger partial charge in [0, 0.05) is 12.5 Å². The van der Waals surface area contributed by atoms with E-state index in [0.29, 0.717) is 0 Å². The van der Waals surface area contributed by atoms with E-state index in [0.717, 1.165) is 11.3 Å². The Morgan fingerprint density at radius 2 is 2.24 bits per heavy atom. The van der Waals surface area contributed by atoms with Crippen LogP contribution in [0, 0.1) is 5.92 Å². The van der Waals surface area contributed by atoms with E-state index in [1.54, 1.807) is 7.11 Å². The minimum atomic E-state index is -0.777. The Bertz CT molecular complexity index is 379. The summed E-state index contributed by atoms with van der Waals surface area (Å²) in [5.41, 5.74) is 1.04. The highest BCUT2D eigenvalue weighted by Gasteiger charge is 2.20. The Balaban J connectivity index is 2.88. The molecular weight excluding hydrogens is 218 g/mol. The molecule has 94 valence electrons. The minimum absolute atomic E-state index is 0.0150. The number of carboxylic acid groups (broad SMARTS) is 1. The summed E-state index contributed by atoms with van der Waals surface area (Å²) < 4.78 is 5.17. The van der Waals surface area contributed by atoms with Gasteiger partial charge in [-0.1, -0.05) is 19.1 Å². The molecule has 0 bridgehead atoms. The number of nitrogens with one attached hydrogen (secondary N) is 1. The van der Waals surface area contributed by atoms with Gasteiger partial charge in [-0.25, -0.2) is 0 Å². The number of carbonyl (C=O) groups is 1. The smallest absolute Gasteiger partial charge is 0.303 e. The maximum absolute atomic E-state index is 10.7. The average Bonchev–Trinajstić information content (AvgIpc) is 2.29. The lowest BCUT2D eigenvalue weighted by Gasteiger charge is -2.23. The molecule has 1 aromatic carbocycles. The van der Waals surface area contributed by atoms with Crippen molar-refractivity contribution in [3.63, 3.8) is 0 Å². The van der Waals surface area contributed by atoms with E-state index in [1.807, 2.05) is 38.2 Å². The van der Waals surface area contributed by atoms with Crippen LogP contribution in [-0.4, -0.2) is 25.2 Å². The number of hydrogen-bond donors (Lipinski definition) is 2.